The van der Waals surface area contributed by atoms with Crippen LogP contribution in [0, 0.1) is 11.3 Å². The smallest absolute Gasteiger partial charge is 0.343 e. The van der Waals surface area contributed by atoms with Crippen LogP contribution in [0.4, 0.5) is 5.69 Å². The molecule has 0 fully saturated rings. The Morgan fingerprint density at radius 1 is 1.61 bits per heavy atom. The Kier molecular flexibility index (Phi) is 3.39. The molecule has 0 amide bonds. The van der Waals surface area contributed by atoms with Crippen LogP contribution < -0.4 is 11.4 Å². The normalized spacial score (nSPS) is 10.2. The van der Waals surface area contributed by atoms with Crippen LogP contribution in [0.5, 0.6) is 0 Å². The number of nitrogen functional groups attached to an aromatic ring is 1. The number of anilines is 1. The monoisotopic (exact) mass is 261 g/mol. The van der Waals surface area contributed by atoms with E-state index in [1.165, 1.54) is 16.3 Å². The SMILES string of the molecule is CCn1c(Sc2cc(C#N)ccc2N)n[nH]c1=O. The zero-order valence-electron chi connectivity index (χ0n) is 9.67. The van der Waals surface area contributed by atoms with Gasteiger partial charge in [-0.2, -0.15) is 5.26 Å². The molecular formula is C11H11N5OS. The Hall–Kier alpha value is -2.20. The van der Waals surface area contributed by atoms with Crippen molar-refractivity contribution in [1.82, 2.24) is 14.8 Å². The van der Waals surface area contributed by atoms with Gasteiger partial charge in [-0.15, -0.1) is 5.10 Å². The first-order chi connectivity index (χ1) is 8.65. The lowest BCUT2D eigenvalue weighted by molar-refractivity contribution is 0.660. The van der Waals surface area contributed by atoms with Crippen molar-refractivity contribution in [2.45, 2.75) is 23.5 Å². The number of nitrogens with two attached hydrogens (primary N) is 1. The van der Waals surface area contributed by atoms with Crippen molar-refractivity contribution in [1.29, 1.82) is 5.26 Å². The first-order valence-electron chi connectivity index (χ1n) is 5.28. The number of aromatic nitrogens is 3. The third-order valence-electron chi connectivity index (χ3n) is 2.38. The van der Waals surface area contributed by atoms with Crippen LogP contribution in [-0.2, 0) is 6.54 Å². The maximum atomic E-state index is 11.4. The van der Waals surface area contributed by atoms with Crippen molar-refractivity contribution in [3.05, 3.63) is 34.2 Å². The Morgan fingerprint density at radius 2 is 2.39 bits per heavy atom. The highest BCUT2D eigenvalue weighted by atomic mass is 32.2. The first kappa shape index (κ1) is 12.3. The van der Waals surface area contributed by atoms with Crippen molar-refractivity contribution < 1.29 is 0 Å². The minimum atomic E-state index is -0.255. The zero-order chi connectivity index (χ0) is 13.1. The number of benzene rings is 1. The Bertz CT molecular complexity index is 667. The molecule has 0 unspecified atom stereocenters. The Labute approximate surface area is 107 Å². The molecule has 2 rings (SSSR count). The van der Waals surface area contributed by atoms with Gasteiger partial charge in [0, 0.05) is 17.1 Å². The molecule has 0 radical (unpaired) electrons. The van der Waals surface area contributed by atoms with Crippen molar-refractivity contribution in [2.24, 2.45) is 0 Å². The third kappa shape index (κ3) is 2.24. The highest BCUT2D eigenvalue weighted by molar-refractivity contribution is 7.99. The van der Waals surface area contributed by atoms with Crippen molar-refractivity contribution in [3.8, 4) is 6.07 Å². The van der Waals surface area contributed by atoms with Crippen LogP contribution >= 0.6 is 11.8 Å². The van der Waals surface area contributed by atoms with E-state index in [0.29, 0.717) is 27.8 Å². The van der Waals surface area contributed by atoms with Crippen molar-refractivity contribution in [2.75, 3.05) is 5.73 Å². The maximum absolute atomic E-state index is 11.4. The highest BCUT2D eigenvalue weighted by Crippen LogP contribution is 2.30. The van der Waals surface area contributed by atoms with Crippen LogP contribution in [-0.4, -0.2) is 14.8 Å². The lowest BCUT2D eigenvalue weighted by Gasteiger charge is -2.05. The van der Waals surface area contributed by atoms with E-state index in [-0.39, 0.29) is 5.69 Å². The fourth-order valence-corrected chi connectivity index (χ4v) is 2.43. The number of rotatable bonds is 3. The lowest BCUT2D eigenvalue weighted by atomic mass is 10.2. The van der Waals surface area contributed by atoms with E-state index in [0.717, 1.165) is 0 Å². The standard InChI is InChI=1S/C11H11N5OS/c1-2-16-10(17)14-15-11(16)18-9-5-7(6-12)3-4-8(9)13/h3-5H,2,13H2,1H3,(H,14,17). The van der Waals surface area contributed by atoms with E-state index in [9.17, 15) is 4.79 Å². The molecule has 0 aliphatic carbocycles. The second kappa shape index (κ2) is 4.98. The van der Waals surface area contributed by atoms with Gasteiger partial charge in [0.25, 0.3) is 0 Å². The molecule has 3 N–H and O–H groups in total. The van der Waals surface area contributed by atoms with Crippen LogP contribution in [0.25, 0.3) is 0 Å². The molecule has 2 aromatic rings. The molecule has 0 aliphatic rings. The molecule has 0 saturated carbocycles. The quantitative estimate of drug-likeness (QED) is 0.808. The molecule has 1 aromatic carbocycles. The molecule has 0 bridgehead atoms. The molecule has 92 valence electrons. The van der Waals surface area contributed by atoms with Gasteiger partial charge in [-0.25, -0.2) is 9.89 Å². The molecule has 1 aromatic heterocycles. The summed E-state index contributed by atoms with van der Waals surface area (Å²) in [5.74, 6) is 0. The minimum absolute atomic E-state index is 0.255. The minimum Gasteiger partial charge on any atom is -0.398 e. The van der Waals surface area contributed by atoms with Crippen LogP contribution in [0.15, 0.2) is 33.0 Å². The number of H-pyrrole nitrogens is 1. The van der Waals surface area contributed by atoms with Gasteiger partial charge in [0.15, 0.2) is 5.16 Å². The van der Waals surface area contributed by atoms with E-state index in [2.05, 4.69) is 10.2 Å². The van der Waals surface area contributed by atoms with Gasteiger partial charge < -0.3 is 5.73 Å². The summed E-state index contributed by atoms with van der Waals surface area (Å²) in [6.45, 7) is 2.38. The van der Waals surface area contributed by atoms with E-state index < -0.39 is 0 Å². The Morgan fingerprint density at radius 3 is 3.06 bits per heavy atom. The van der Waals surface area contributed by atoms with Gasteiger partial charge in [0.2, 0.25) is 0 Å². The zero-order valence-corrected chi connectivity index (χ0v) is 10.5. The summed E-state index contributed by atoms with van der Waals surface area (Å²) >= 11 is 1.26. The molecule has 0 aliphatic heterocycles. The molecule has 6 nitrogen and oxygen atoms in total. The second-order valence-corrected chi connectivity index (χ2v) is 4.53. The lowest BCUT2D eigenvalue weighted by Crippen LogP contribution is -2.16. The van der Waals surface area contributed by atoms with Crippen LogP contribution in [0.2, 0.25) is 0 Å². The van der Waals surface area contributed by atoms with Gasteiger partial charge in [-0.05, 0) is 36.9 Å². The van der Waals surface area contributed by atoms with Crippen LogP contribution in [0.1, 0.15) is 12.5 Å². The summed E-state index contributed by atoms with van der Waals surface area (Å²) in [5, 5.41) is 15.7. The number of nitriles is 1. The van der Waals surface area contributed by atoms with E-state index in [1.807, 2.05) is 13.0 Å². The first-order valence-corrected chi connectivity index (χ1v) is 6.10. The van der Waals surface area contributed by atoms with Gasteiger partial charge in [-0.1, -0.05) is 0 Å². The molecule has 7 heteroatoms. The molecule has 0 spiro atoms. The summed E-state index contributed by atoms with van der Waals surface area (Å²) in [7, 11) is 0. The fourth-order valence-electron chi connectivity index (χ4n) is 1.45. The van der Waals surface area contributed by atoms with E-state index in [4.69, 9.17) is 11.0 Å². The summed E-state index contributed by atoms with van der Waals surface area (Å²) in [4.78, 5) is 12.1. The maximum Gasteiger partial charge on any atom is 0.343 e. The van der Waals surface area contributed by atoms with Gasteiger partial charge in [0.05, 0.1) is 11.6 Å². The summed E-state index contributed by atoms with van der Waals surface area (Å²) in [6, 6.07) is 7.05. The predicted octanol–water partition coefficient (Wildman–Crippen LogP) is 1.20. The summed E-state index contributed by atoms with van der Waals surface area (Å²) in [5.41, 5.74) is 6.65. The average Bonchev–Trinajstić information content (AvgIpc) is 2.72. The van der Waals surface area contributed by atoms with E-state index in [1.54, 1.807) is 18.2 Å². The van der Waals surface area contributed by atoms with Gasteiger partial charge >= 0.3 is 5.69 Å². The fraction of sp³-hybridized carbons (Fsp3) is 0.182. The van der Waals surface area contributed by atoms with Gasteiger partial charge in [0.1, 0.15) is 0 Å². The van der Waals surface area contributed by atoms with E-state index >= 15 is 0 Å². The second-order valence-electron chi connectivity index (χ2n) is 3.52. The van der Waals surface area contributed by atoms with Crippen molar-refractivity contribution >= 4 is 17.4 Å². The topological polar surface area (TPSA) is 100 Å². The highest BCUT2D eigenvalue weighted by Gasteiger charge is 2.10. The molecule has 1 heterocycles. The molecule has 0 saturated heterocycles. The number of nitrogens with one attached hydrogen (secondary N) is 1. The van der Waals surface area contributed by atoms with Crippen LogP contribution in [0.3, 0.4) is 0 Å². The number of nitrogens with zero attached hydrogens (tertiary/aromatic N) is 3. The average molecular weight is 261 g/mol. The molecule has 0 atom stereocenters. The summed E-state index contributed by atoms with van der Waals surface area (Å²) in [6.07, 6.45) is 0. The predicted molar refractivity (Wildman–Crippen MR) is 68.2 cm³/mol. The van der Waals surface area contributed by atoms with Crippen molar-refractivity contribution in [3.63, 3.8) is 0 Å². The van der Waals surface area contributed by atoms with Gasteiger partial charge in [-0.3, -0.25) is 4.57 Å². The number of hydrogen-bond acceptors (Lipinski definition) is 5. The molecular weight excluding hydrogens is 250 g/mol. The third-order valence-corrected chi connectivity index (χ3v) is 3.45. The largest absolute Gasteiger partial charge is 0.398 e. The molecule has 18 heavy (non-hydrogen) atoms. The Balaban J connectivity index is 2.40. The number of hydrogen-bond donors (Lipinski definition) is 2. The summed E-state index contributed by atoms with van der Waals surface area (Å²) < 4.78 is 1.50. The number of aromatic amines is 1.